The van der Waals surface area contributed by atoms with Crippen molar-refractivity contribution in [2.75, 3.05) is 32.0 Å². The number of nitrogens with two attached hydrogens (primary N) is 1. The van der Waals surface area contributed by atoms with Crippen LogP contribution in [-0.4, -0.2) is 41.8 Å². The summed E-state index contributed by atoms with van der Waals surface area (Å²) in [6.07, 6.45) is 2.39. The average Bonchev–Trinajstić information content (AvgIpc) is 2.81. The van der Waals surface area contributed by atoms with E-state index in [1.165, 1.54) is 10.9 Å². The van der Waals surface area contributed by atoms with Crippen LogP contribution in [0.4, 0.5) is 5.69 Å². The van der Waals surface area contributed by atoms with Gasteiger partial charge >= 0.3 is 0 Å². The van der Waals surface area contributed by atoms with Crippen LogP contribution in [0.5, 0.6) is 0 Å². The number of morpholine rings is 1. The molecule has 1 aliphatic rings. The minimum Gasteiger partial charge on any atom is -0.399 e. The molecule has 4 nitrogen and oxygen atoms in total. The first-order chi connectivity index (χ1) is 9.26. The molecule has 0 saturated carbocycles. The Morgan fingerprint density at radius 2 is 2.26 bits per heavy atom. The van der Waals surface area contributed by atoms with Crippen molar-refractivity contribution in [2.45, 2.75) is 19.6 Å². The van der Waals surface area contributed by atoms with Gasteiger partial charge in [0.2, 0.25) is 0 Å². The molecule has 1 aliphatic heterocycles. The lowest BCUT2D eigenvalue weighted by Gasteiger charge is -2.32. The number of rotatable bonds is 3. The van der Waals surface area contributed by atoms with Crippen molar-refractivity contribution in [1.29, 1.82) is 0 Å². The van der Waals surface area contributed by atoms with Gasteiger partial charge in [-0.05, 0) is 30.1 Å². The monoisotopic (exact) mass is 259 g/mol. The standard InChI is InChI=1S/C15H21N3O/c1-2-17-7-8-19-14(10-17)11-18-6-5-12-3-4-13(16)9-15(12)18/h3-6,9,14H,2,7-8,10-11,16H2,1H3. The number of hydrogen-bond acceptors (Lipinski definition) is 3. The summed E-state index contributed by atoms with van der Waals surface area (Å²) in [5, 5.41) is 1.23. The normalized spacial score (nSPS) is 21.0. The minimum atomic E-state index is 0.269. The summed E-state index contributed by atoms with van der Waals surface area (Å²) in [6.45, 7) is 7.08. The highest BCUT2D eigenvalue weighted by atomic mass is 16.5. The Morgan fingerprint density at radius 1 is 1.37 bits per heavy atom. The second kappa shape index (κ2) is 5.23. The number of anilines is 1. The number of nitrogen functional groups attached to an aromatic ring is 1. The molecule has 3 rings (SSSR count). The van der Waals surface area contributed by atoms with Gasteiger partial charge in [0.05, 0.1) is 24.8 Å². The van der Waals surface area contributed by atoms with Crippen molar-refractivity contribution >= 4 is 16.6 Å². The van der Waals surface area contributed by atoms with Crippen molar-refractivity contribution in [1.82, 2.24) is 9.47 Å². The van der Waals surface area contributed by atoms with Crippen LogP contribution in [0.1, 0.15) is 6.92 Å². The van der Waals surface area contributed by atoms with E-state index in [-0.39, 0.29) is 6.10 Å². The number of aromatic nitrogens is 1. The van der Waals surface area contributed by atoms with Gasteiger partial charge in [-0.1, -0.05) is 13.0 Å². The molecular weight excluding hydrogens is 238 g/mol. The van der Waals surface area contributed by atoms with Crippen molar-refractivity contribution in [3.8, 4) is 0 Å². The van der Waals surface area contributed by atoms with Crippen molar-refractivity contribution < 1.29 is 4.74 Å². The Morgan fingerprint density at radius 3 is 3.11 bits per heavy atom. The topological polar surface area (TPSA) is 43.4 Å². The molecule has 1 atom stereocenters. The Labute approximate surface area is 113 Å². The lowest BCUT2D eigenvalue weighted by molar-refractivity contribution is -0.0337. The molecule has 19 heavy (non-hydrogen) atoms. The SMILES string of the molecule is CCN1CCOC(Cn2ccc3ccc(N)cc32)C1. The van der Waals surface area contributed by atoms with Gasteiger partial charge < -0.3 is 15.0 Å². The number of hydrogen-bond donors (Lipinski definition) is 1. The fraction of sp³-hybridized carbons (Fsp3) is 0.467. The van der Waals surface area contributed by atoms with Crippen LogP contribution in [0.2, 0.25) is 0 Å². The minimum absolute atomic E-state index is 0.269. The Kier molecular flexibility index (Phi) is 3.44. The molecule has 2 N–H and O–H groups in total. The van der Waals surface area contributed by atoms with Crippen molar-refractivity contribution in [3.05, 3.63) is 30.5 Å². The lowest BCUT2D eigenvalue weighted by Crippen LogP contribution is -2.43. The Hall–Kier alpha value is -1.52. The third-order valence-electron chi connectivity index (χ3n) is 3.87. The average molecular weight is 259 g/mol. The molecule has 0 spiro atoms. The molecule has 0 radical (unpaired) electrons. The van der Waals surface area contributed by atoms with E-state index in [0.717, 1.165) is 38.5 Å². The predicted molar refractivity (Wildman–Crippen MR) is 78.2 cm³/mol. The summed E-state index contributed by atoms with van der Waals surface area (Å²) in [5.74, 6) is 0. The molecule has 1 aromatic carbocycles. The van der Waals surface area contributed by atoms with Crippen LogP contribution >= 0.6 is 0 Å². The van der Waals surface area contributed by atoms with Gasteiger partial charge in [-0.3, -0.25) is 4.90 Å². The summed E-state index contributed by atoms with van der Waals surface area (Å²) in [5.41, 5.74) is 7.88. The molecule has 2 heterocycles. The van der Waals surface area contributed by atoms with Crippen LogP contribution in [0.25, 0.3) is 10.9 Å². The van der Waals surface area contributed by atoms with Crippen LogP contribution in [0, 0.1) is 0 Å². The molecular formula is C15H21N3O. The quantitative estimate of drug-likeness (QED) is 0.857. The van der Waals surface area contributed by atoms with Crippen molar-refractivity contribution in [3.63, 3.8) is 0 Å². The first-order valence-corrected chi connectivity index (χ1v) is 6.94. The summed E-state index contributed by atoms with van der Waals surface area (Å²) in [6, 6.07) is 8.19. The van der Waals surface area contributed by atoms with E-state index in [9.17, 15) is 0 Å². The first kappa shape index (κ1) is 12.5. The van der Waals surface area contributed by atoms with Crippen LogP contribution in [-0.2, 0) is 11.3 Å². The second-order valence-corrected chi connectivity index (χ2v) is 5.17. The second-order valence-electron chi connectivity index (χ2n) is 5.17. The maximum atomic E-state index is 5.88. The zero-order chi connectivity index (χ0) is 13.2. The number of likely N-dealkylation sites (N-methyl/N-ethyl adjacent to an activating group) is 1. The highest BCUT2D eigenvalue weighted by Gasteiger charge is 2.19. The maximum absolute atomic E-state index is 5.88. The van der Waals surface area contributed by atoms with Gasteiger partial charge in [0, 0.05) is 25.0 Å². The van der Waals surface area contributed by atoms with Gasteiger partial charge in [-0.2, -0.15) is 0 Å². The lowest BCUT2D eigenvalue weighted by atomic mass is 10.2. The van der Waals surface area contributed by atoms with E-state index in [0.29, 0.717) is 0 Å². The zero-order valence-electron chi connectivity index (χ0n) is 11.4. The molecule has 2 aromatic rings. The first-order valence-electron chi connectivity index (χ1n) is 6.94. The molecule has 0 bridgehead atoms. The van der Waals surface area contributed by atoms with Crippen LogP contribution < -0.4 is 5.73 Å². The van der Waals surface area contributed by atoms with Gasteiger partial charge in [-0.25, -0.2) is 0 Å². The fourth-order valence-electron chi connectivity index (χ4n) is 2.76. The van der Waals surface area contributed by atoms with Gasteiger partial charge in [-0.15, -0.1) is 0 Å². The van der Waals surface area contributed by atoms with Crippen LogP contribution in [0.15, 0.2) is 30.5 Å². The number of fused-ring (bicyclic) bond motifs is 1. The van der Waals surface area contributed by atoms with Gasteiger partial charge in [0.25, 0.3) is 0 Å². The predicted octanol–water partition coefficient (Wildman–Crippen LogP) is 1.94. The molecule has 1 saturated heterocycles. The van der Waals surface area contributed by atoms with Crippen molar-refractivity contribution in [2.24, 2.45) is 0 Å². The smallest absolute Gasteiger partial charge is 0.0881 e. The number of ether oxygens (including phenoxy) is 1. The zero-order valence-corrected chi connectivity index (χ0v) is 11.4. The highest BCUT2D eigenvalue weighted by molar-refractivity contribution is 5.83. The van der Waals surface area contributed by atoms with E-state index >= 15 is 0 Å². The molecule has 4 heteroatoms. The third kappa shape index (κ3) is 2.60. The number of nitrogens with zero attached hydrogens (tertiary/aromatic N) is 2. The molecule has 1 unspecified atom stereocenters. The maximum Gasteiger partial charge on any atom is 0.0881 e. The van der Waals surface area contributed by atoms with Gasteiger partial charge in [0.15, 0.2) is 0 Å². The van der Waals surface area contributed by atoms with E-state index in [2.05, 4.69) is 34.7 Å². The third-order valence-corrected chi connectivity index (χ3v) is 3.87. The molecule has 0 aliphatic carbocycles. The Balaban J connectivity index is 1.79. The van der Waals surface area contributed by atoms with Gasteiger partial charge in [0.1, 0.15) is 0 Å². The fourth-order valence-corrected chi connectivity index (χ4v) is 2.76. The molecule has 0 amide bonds. The summed E-state index contributed by atoms with van der Waals surface area (Å²) < 4.78 is 8.11. The molecule has 102 valence electrons. The summed E-state index contributed by atoms with van der Waals surface area (Å²) >= 11 is 0. The Bertz CT molecular complexity index is 564. The van der Waals surface area contributed by atoms with Crippen LogP contribution in [0.3, 0.4) is 0 Å². The number of benzene rings is 1. The summed E-state index contributed by atoms with van der Waals surface area (Å²) in [4.78, 5) is 2.44. The van der Waals surface area contributed by atoms with E-state index < -0.39 is 0 Å². The van der Waals surface area contributed by atoms with E-state index in [1.54, 1.807) is 0 Å². The van der Waals surface area contributed by atoms with E-state index in [4.69, 9.17) is 10.5 Å². The molecule has 1 fully saturated rings. The largest absolute Gasteiger partial charge is 0.399 e. The molecule has 1 aromatic heterocycles. The summed E-state index contributed by atoms with van der Waals surface area (Å²) in [7, 11) is 0. The highest BCUT2D eigenvalue weighted by Crippen LogP contribution is 2.20. The van der Waals surface area contributed by atoms with E-state index in [1.807, 2.05) is 12.1 Å².